The van der Waals surface area contributed by atoms with E-state index >= 15 is 0 Å². The first-order valence-corrected chi connectivity index (χ1v) is 6.17. The van der Waals surface area contributed by atoms with Crippen LogP contribution in [-0.4, -0.2) is 19.9 Å². The van der Waals surface area contributed by atoms with Gasteiger partial charge < -0.3 is 4.90 Å². The molecule has 0 aromatic heterocycles. The second kappa shape index (κ2) is 6.08. The summed E-state index contributed by atoms with van der Waals surface area (Å²) < 4.78 is 39.0. The van der Waals surface area contributed by atoms with Crippen molar-refractivity contribution in [2.75, 3.05) is 18.5 Å². The quantitative estimate of drug-likeness (QED) is 0.756. The Bertz CT molecular complexity index is 443. The van der Waals surface area contributed by atoms with Crippen molar-refractivity contribution in [1.82, 2.24) is 0 Å². The van der Waals surface area contributed by atoms with E-state index in [1.165, 1.54) is 12.1 Å². The van der Waals surface area contributed by atoms with E-state index < -0.39 is 11.7 Å². The van der Waals surface area contributed by atoms with Crippen LogP contribution in [0.4, 0.5) is 18.9 Å². The van der Waals surface area contributed by atoms with Gasteiger partial charge in [-0.3, -0.25) is 4.79 Å². The number of carbonyl (C=O) groups excluding carboxylic acids is 1. The molecule has 0 N–H and O–H groups in total. The third-order valence-electron chi connectivity index (χ3n) is 3.16. The minimum absolute atomic E-state index is 0.0352. The highest BCUT2D eigenvalue weighted by molar-refractivity contribution is 5.77. The SMILES string of the molecule is CCC(C)CN(C)c1ccc(C=O)cc1C(F)(F)F. The molecular formula is C14H18F3NO. The fourth-order valence-corrected chi connectivity index (χ4v) is 1.88. The van der Waals surface area contributed by atoms with Gasteiger partial charge in [-0.2, -0.15) is 13.2 Å². The van der Waals surface area contributed by atoms with Crippen molar-refractivity contribution in [2.24, 2.45) is 5.92 Å². The summed E-state index contributed by atoms with van der Waals surface area (Å²) in [4.78, 5) is 12.2. The first-order chi connectivity index (χ1) is 8.79. The van der Waals surface area contributed by atoms with Crippen LogP contribution in [0.5, 0.6) is 0 Å². The summed E-state index contributed by atoms with van der Waals surface area (Å²) in [5.74, 6) is 0.303. The van der Waals surface area contributed by atoms with Crippen LogP contribution in [0, 0.1) is 5.92 Å². The summed E-state index contributed by atoms with van der Waals surface area (Å²) in [5, 5.41) is 0. The number of halogens is 3. The molecular weight excluding hydrogens is 255 g/mol. The average Bonchev–Trinajstić information content (AvgIpc) is 2.36. The summed E-state index contributed by atoms with van der Waals surface area (Å²) in [7, 11) is 1.64. The van der Waals surface area contributed by atoms with Crippen LogP contribution < -0.4 is 4.90 Å². The highest BCUT2D eigenvalue weighted by atomic mass is 19.4. The van der Waals surface area contributed by atoms with E-state index in [4.69, 9.17) is 0 Å². The maximum Gasteiger partial charge on any atom is 0.418 e. The minimum Gasteiger partial charge on any atom is -0.374 e. The number of anilines is 1. The zero-order valence-corrected chi connectivity index (χ0v) is 11.3. The van der Waals surface area contributed by atoms with Crippen LogP contribution in [-0.2, 0) is 6.18 Å². The fourth-order valence-electron chi connectivity index (χ4n) is 1.88. The van der Waals surface area contributed by atoms with Gasteiger partial charge in [0, 0.05) is 24.8 Å². The van der Waals surface area contributed by atoms with Gasteiger partial charge in [0.15, 0.2) is 0 Å². The molecule has 0 radical (unpaired) electrons. The van der Waals surface area contributed by atoms with Gasteiger partial charge in [0.25, 0.3) is 0 Å². The van der Waals surface area contributed by atoms with Crippen molar-refractivity contribution >= 4 is 12.0 Å². The summed E-state index contributed by atoms with van der Waals surface area (Å²) in [6, 6.07) is 3.66. The molecule has 5 heteroatoms. The number of benzene rings is 1. The lowest BCUT2D eigenvalue weighted by atomic mass is 10.1. The first kappa shape index (κ1) is 15.5. The lowest BCUT2D eigenvalue weighted by molar-refractivity contribution is -0.137. The predicted octanol–water partition coefficient (Wildman–Crippen LogP) is 4.00. The number of nitrogens with zero attached hydrogens (tertiary/aromatic N) is 1. The smallest absolute Gasteiger partial charge is 0.374 e. The van der Waals surface area contributed by atoms with Crippen LogP contribution in [0.2, 0.25) is 0 Å². The molecule has 0 aliphatic rings. The molecule has 0 amide bonds. The molecule has 0 saturated carbocycles. The Labute approximate surface area is 111 Å². The van der Waals surface area contributed by atoms with E-state index in [9.17, 15) is 18.0 Å². The van der Waals surface area contributed by atoms with E-state index in [0.717, 1.165) is 12.5 Å². The number of alkyl halides is 3. The number of hydrogen-bond acceptors (Lipinski definition) is 2. The van der Waals surface area contributed by atoms with Crippen LogP contribution in [0.15, 0.2) is 18.2 Å². The summed E-state index contributed by atoms with van der Waals surface area (Å²) in [6.07, 6.45) is -3.14. The number of rotatable bonds is 5. The fraction of sp³-hybridized carbons (Fsp3) is 0.500. The Balaban J connectivity index is 3.15. The lowest BCUT2D eigenvalue weighted by Crippen LogP contribution is -2.26. The van der Waals surface area contributed by atoms with E-state index in [1.54, 1.807) is 11.9 Å². The summed E-state index contributed by atoms with van der Waals surface area (Å²) in [5.41, 5.74) is -0.616. The summed E-state index contributed by atoms with van der Waals surface area (Å²) in [6.45, 7) is 4.53. The van der Waals surface area contributed by atoms with E-state index in [2.05, 4.69) is 0 Å². The van der Waals surface area contributed by atoms with E-state index in [0.29, 0.717) is 18.7 Å². The van der Waals surface area contributed by atoms with Gasteiger partial charge in [0.05, 0.1) is 5.56 Å². The Kier molecular flexibility index (Phi) is 4.97. The minimum atomic E-state index is -4.46. The van der Waals surface area contributed by atoms with Gasteiger partial charge >= 0.3 is 6.18 Å². The predicted molar refractivity (Wildman–Crippen MR) is 69.6 cm³/mol. The average molecular weight is 273 g/mol. The number of aldehydes is 1. The third-order valence-corrected chi connectivity index (χ3v) is 3.16. The zero-order valence-electron chi connectivity index (χ0n) is 11.3. The van der Waals surface area contributed by atoms with Crippen molar-refractivity contribution in [2.45, 2.75) is 26.4 Å². The largest absolute Gasteiger partial charge is 0.418 e. The van der Waals surface area contributed by atoms with Crippen LogP contribution in [0.25, 0.3) is 0 Å². The van der Waals surface area contributed by atoms with Crippen LogP contribution in [0.3, 0.4) is 0 Å². The molecule has 0 spiro atoms. The molecule has 106 valence electrons. The second-order valence-corrected chi connectivity index (χ2v) is 4.79. The van der Waals surface area contributed by atoms with Crippen molar-refractivity contribution in [1.29, 1.82) is 0 Å². The Morgan fingerprint density at radius 1 is 1.37 bits per heavy atom. The highest BCUT2D eigenvalue weighted by Gasteiger charge is 2.34. The van der Waals surface area contributed by atoms with Crippen molar-refractivity contribution in [3.05, 3.63) is 29.3 Å². The van der Waals surface area contributed by atoms with Crippen molar-refractivity contribution < 1.29 is 18.0 Å². The van der Waals surface area contributed by atoms with Gasteiger partial charge in [-0.1, -0.05) is 20.3 Å². The number of hydrogen-bond donors (Lipinski definition) is 0. The lowest BCUT2D eigenvalue weighted by Gasteiger charge is -2.26. The van der Waals surface area contributed by atoms with Gasteiger partial charge in [0.2, 0.25) is 0 Å². The van der Waals surface area contributed by atoms with Crippen molar-refractivity contribution in [3.8, 4) is 0 Å². The molecule has 1 rings (SSSR count). The second-order valence-electron chi connectivity index (χ2n) is 4.79. The molecule has 0 fully saturated rings. The van der Waals surface area contributed by atoms with Crippen molar-refractivity contribution in [3.63, 3.8) is 0 Å². The molecule has 0 aliphatic carbocycles. The van der Waals surface area contributed by atoms with Gasteiger partial charge in [0.1, 0.15) is 6.29 Å². The maximum atomic E-state index is 13.0. The van der Waals surface area contributed by atoms with Gasteiger partial charge in [-0.25, -0.2) is 0 Å². The molecule has 0 heterocycles. The standard InChI is InChI=1S/C14H18F3NO/c1-4-10(2)8-18(3)13-6-5-11(9-19)7-12(13)14(15,16)17/h5-7,9-10H,4,8H2,1-3H3. The van der Waals surface area contributed by atoms with E-state index in [1.807, 2.05) is 13.8 Å². The van der Waals surface area contributed by atoms with Crippen LogP contribution >= 0.6 is 0 Å². The molecule has 19 heavy (non-hydrogen) atoms. The first-order valence-electron chi connectivity index (χ1n) is 6.17. The van der Waals surface area contributed by atoms with Gasteiger partial charge in [-0.15, -0.1) is 0 Å². The molecule has 0 bridgehead atoms. The normalized spacial score (nSPS) is 13.2. The Morgan fingerprint density at radius 3 is 2.47 bits per heavy atom. The highest BCUT2D eigenvalue weighted by Crippen LogP contribution is 2.37. The number of carbonyl (C=O) groups is 1. The maximum absolute atomic E-state index is 13.0. The van der Waals surface area contributed by atoms with Crippen LogP contribution in [0.1, 0.15) is 36.2 Å². The summed E-state index contributed by atoms with van der Waals surface area (Å²) >= 11 is 0. The van der Waals surface area contributed by atoms with Gasteiger partial charge in [-0.05, 0) is 24.1 Å². The Hall–Kier alpha value is -1.52. The molecule has 1 aromatic rings. The molecule has 1 unspecified atom stereocenters. The topological polar surface area (TPSA) is 20.3 Å². The Morgan fingerprint density at radius 2 is 2.00 bits per heavy atom. The third kappa shape index (κ3) is 3.98. The molecule has 1 atom stereocenters. The molecule has 0 aliphatic heterocycles. The zero-order chi connectivity index (χ0) is 14.6. The van der Waals surface area contributed by atoms with E-state index in [-0.39, 0.29) is 11.3 Å². The molecule has 2 nitrogen and oxygen atoms in total. The monoisotopic (exact) mass is 273 g/mol. The molecule has 1 aromatic carbocycles. The molecule has 0 saturated heterocycles.